The summed E-state index contributed by atoms with van der Waals surface area (Å²) in [5.74, 6) is 0. The van der Waals surface area contributed by atoms with Gasteiger partial charge in [-0.25, -0.2) is 0 Å². The molecule has 2 heteroatoms. The zero-order valence-electron chi connectivity index (χ0n) is 17.6. The fourth-order valence-corrected chi connectivity index (χ4v) is 3.56. The van der Waals surface area contributed by atoms with Gasteiger partial charge in [0.15, 0.2) is 0 Å². The van der Waals surface area contributed by atoms with Crippen molar-refractivity contribution in [3.8, 4) is 0 Å². The van der Waals surface area contributed by atoms with Crippen LogP contribution < -0.4 is 0 Å². The van der Waals surface area contributed by atoms with Crippen LogP contribution in [0.3, 0.4) is 0 Å². The average molecular weight is 371 g/mol. The van der Waals surface area contributed by atoms with Gasteiger partial charge in [0.2, 0.25) is 0 Å². The van der Waals surface area contributed by atoms with Crippen molar-refractivity contribution < 1.29 is 0 Å². The molecule has 0 heterocycles. The lowest BCUT2D eigenvalue weighted by atomic mass is 10.0. The van der Waals surface area contributed by atoms with Gasteiger partial charge in [-0.1, -0.05) is 120 Å². The van der Waals surface area contributed by atoms with Gasteiger partial charge in [-0.2, -0.15) is 0 Å². The van der Waals surface area contributed by atoms with Crippen LogP contribution in [-0.4, -0.2) is 0 Å². The van der Waals surface area contributed by atoms with E-state index in [1.165, 1.54) is 115 Å². The Bertz CT molecular complexity index is 424. The molecule has 1 aromatic rings. The van der Waals surface area contributed by atoms with Crippen LogP contribution >= 0.6 is 0 Å². The van der Waals surface area contributed by atoms with E-state index < -0.39 is 0 Å². The highest BCUT2D eigenvalue weighted by Crippen LogP contribution is 2.14. The van der Waals surface area contributed by atoms with Gasteiger partial charge >= 0.3 is 0 Å². The van der Waals surface area contributed by atoms with Crippen LogP contribution in [0.1, 0.15) is 108 Å². The Balaban J connectivity index is 0.00000326. The molecule has 27 heavy (non-hydrogen) atoms. The van der Waals surface area contributed by atoms with Crippen molar-refractivity contribution in [1.29, 1.82) is 10.8 Å². The van der Waals surface area contributed by atoms with Crippen LogP contribution in [-0.2, 0) is 6.42 Å². The lowest BCUT2D eigenvalue weighted by Crippen LogP contribution is -1.86. The van der Waals surface area contributed by atoms with Crippen LogP contribution in [0.5, 0.6) is 0 Å². The monoisotopic (exact) mass is 370 g/mol. The minimum atomic E-state index is 1.20. The number of aryl methyl sites for hydroxylation is 1. The predicted octanol–water partition coefficient (Wildman–Crippen LogP) is 8.69. The fraction of sp³-hybridized carbons (Fsp3) is 0.680. The summed E-state index contributed by atoms with van der Waals surface area (Å²) in [6.45, 7) is 3.78. The van der Waals surface area contributed by atoms with Crippen molar-refractivity contribution in [1.82, 2.24) is 0 Å². The first-order valence-electron chi connectivity index (χ1n) is 11.3. The van der Waals surface area contributed by atoms with Crippen LogP contribution in [0, 0.1) is 10.8 Å². The molecule has 2 nitrogen and oxygen atoms in total. The molecule has 0 N–H and O–H groups in total. The van der Waals surface area contributed by atoms with Gasteiger partial charge in [-0.3, -0.25) is 0 Å². The topological polar surface area (TPSA) is 47.6 Å². The first kappa shape index (κ1) is 25.4. The quantitative estimate of drug-likeness (QED) is 0.147. The van der Waals surface area contributed by atoms with E-state index in [0.29, 0.717) is 0 Å². The molecular weight excluding hydrogens is 328 g/mol. The number of nitrogens with zero attached hydrogens (tertiary/aromatic N) is 2. The van der Waals surface area contributed by atoms with Gasteiger partial charge in [0, 0.05) is 10.8 Å². The second-order valence-corrected chi connectivity index (χ2v) is 7.62. The normalized spacial score (nSPS) is 10.1. The minimum Gasteiger partial charge on any atom is -0.103 e. The standard InChI is InChI=1S/C25H42.N2/c1-2-3-4-5-6-7-8-9-10-11-12-13-14-15-16-17-19-22-25-23-20-18-21-24-25;1-2/h2,18,20-21,23-24H,1,3-17,19,22H2;. The van der Waals surface area contributed by atoms with Gasteiger partial charge in [0.1, 0.15) is 0 Å². The van der Waals surface area contributed by atoms with E-state index in [9.17, 15) is 0 Å². The highest BCUT2D eigenvalue weighted by molar-refractivity contribution is 5.14. The molecule has 0 aliphatic heterocycles. The summed E-state index contributed by atoms with van der Waals surface area (Å²) < 4.78 is 0. The lowest BCUT2D eigenvalue weighted by Gasteiger charge is -2.04. The Kier molecular flexibility index (Phi) is 21.1. The van der Waals surface area contributed by atoms with Gasteiger partial charge in [-0.05, 0) is 31.2 Å². The summed E-state index contributed by atoms with van der Waals surface area (Å²) in [4.78, 5) is 0. The predicted molar refractivity (Wildman–Crippen MR) is 118 cm³/mol. The first-order valence-corrected chi connectivity index (χ1v) is 11.3. The lowest BCUT2D eigenvalue weighted by molar-refractivity contribution is 0.531. The summed E-state index contributed by atoms with van der Waals surface area (Å²) in [6, 6.07) is 10.9. The highest BCUT2D eigenvalue weighted by Gasteiger charge is 1.95. The third kappa shape index (κ3) is 19.0. The molecular formula is C25H42N2. The maximum Gasteiger partial charge on any atom is 0 e. The van der Waals surface area contributed by atoms with Gasteiger partial charge in [0.25, 0.3) is 0 Å². The Morgan fingerprint density at radius 2 is 0.926 bits per heavy atom. The average Bonchev–Trinajstić information content (AvgIpc) is 2.72. The van der Waals surface area contributed by atoms with Gasteiger partial charge in [0.05, 0.1) is 0 Å². The molecule has 0 amide bonds. The molecule has 152 valence electrons. The van der Waals surface area contributed by atoms with Crippen molar-refractivity contribution in [2.45, 2.75) is 109 Å². The second-order valence-electron chi connectivity index (χ2n) is 7.62. The molecule has 0 aromatic heterocycles. The minimum absolute atomic E-state index is 1.20. The van der Waals surface area contributed by atoms with E-state index in [0.717, 1.165) is 0 Å². The van der Waals surface area contributed by atoms with E-state index in [4.69, 9.17) is 10.8 Å². The molecule has 0 bridgehead atoms. The van der Waals surface area contributed by atoms with Crippen LogP contribution in [0.4, 0.5) is 0 Å². The third-order valence-electron chi connectivity index (χ3n) is 5.22. The molecule has 0 radical (unpaired) electrons. The van der Waals surface area contributed by atoms with E-state index in [1.54, 1.807) is 0 Å². The maximum absolute atomic E-state index is 6.00. The molecule has 0 aliphatic carbocycles. The molecule has 0 unspecified atom stereocenters. The third-order valence-corrected chi connectivity index (χ3v) is 5.22. The summed E-state index contributed by atoms with van der Waals surface area (Å²) in [5.41, 5.74) is 1.50. The zero-order chi connectivity index (χ0) is 19.8. The summed E-state index contributed by atoms with van der Waals surface area (Å²) >= 11 is 0. The van der Waals surface area contributed by atoms with E-state index in [2.05, 4.69) is 36.9 Å². The van der Waals surface area contributed by atoms with Gasteiger partial charge in [-0.15, -0.1) is 6.58 Å². The number of unbranched alkanes of at least 4 members (excludes halogenated alkanes) is 15. The Hall–Kier alpha value is -1.62. The van der Waals surface area contributed by atoms with Gasteiger partial charge < -0.3 is 0 Å². The van der Waals surface area contributed by atoms with Crippen LogP contribution in [0.25, 0.3) is 0 Å². The molecule has 1 aromatic carbocycles. The zero-order valence-corrected chi connectivity index (χ0v) is 17.6. The molecule has 0 aliphatic rings. The van der Waals surface area contributed by atoms with Crippen molar-refractivity contribution in [3.63, 3.8) is 0 Å². The Labute approximate surface area is 168 Å². The van der Waals surface area contributed by atoms with E-state index in [-0.39, 0.29) is 0 Å². The number of benzene rings is 1. The molecule has 0 atom stereocenters. The summed E-state index contributed by atoms with van der Waals surface area (Å²) in [6.07, 6.45) is 26.0. The maximum atomic E-state index is 6.00. The molecule has 0 saturated heterocycles. The Morgan fingerprint density at radius 3 is 1.33 bits per heavy atom. The molecule has 0 saturated carbocycles. The van der Waals surface area contributed by atoms with E-state index >= 15 is 0 Å². The highest BCUT2D eigenvalue weighted by atomic mass is 14.6. The Morgan fingerprint density at radius 1 is 0.556 bits per heavy atom. The van der Waals surface area contributed by atoms with E-state index in [1.807, 2.05) is 6.08 Å². The number of rotatable bonds is 18. The molecule has 0 spiro atoms. The number of allylic oxidation sites excluding steroid dienone is 1. The summed E-state index contributed by atoms with van der Waals surface area (Å²) in [7, 11) is 0. The van der Waals surface area contributed by atoms with Crippen molar-refractivity contribution in [3.05, 3.63) is 48.6 Å². The smallest absolute Gasteiger partial charge is 0 e. The van der Waals surface area contributed by atoms with Crippen molar-refractivity contribution >= 4 is 0 Å². The van der Waals surface area contributed by atoms with Crippen LogP contribution in [0.2, 0.25) is 0 Å². The first-order chi connectivity index (χ1) is 13.4. The number of hydrogen-bond donors (Lipinski definition) is 0. The second kappa shape index (κ2) is 22.4. The molecule has 0 fully saturated rings. The largest absolute Gasteiger partial charge is 0.103 e. The summed E-state index contributed by atoms with van der Waals surface area (Å²) in [5, 5.41) is 12.0. The van der Waals surface area contributed by atoms with Crippen molar-refractivity contribution in [2.24, 2.45) is 0 Å². The SMILES string of the molecule is C=CCCCCCCCCCCCCCCCCCc1ccccc1.N#N. The van der Waals surface area contributed by atoms with Crippen LogP contribution in [0.15, 0.2) is 43.0 Å². The van der Waals surface area contributed by atoms with Crippen molar-refractivity contribution in [2.75, 3.05) is 0 Å². The fourth-order valence-electron chi connectivity index (χ4n) is 3.56. The number of hydrogen-bond acceptors (Lipinski definition) is 2. The molecule has 1 rings (SSSR count).